The Kier molecular flexibility index (Phi) is 4.08. The van der Waals surface area contributed by atoms with Gasteiger partial charge in [-0.05, 0) is 29.2 Å². The molecule has 0 fully saturated rings. The molecular weight excluding hydrogens is 250 g/mol. The molecule has 0 bridgehead atoms. The maximum Gasteiger partial charge on any atom is 0.417 e. The van der Waals surface area contributed by atoms with Crippen molar-refractivity contribution in [3.63, 3.8) is 0 Å². The van der Waals surface area contributed by atoms with E-state index in [9.17, 15) is 4.79 Å². The highest BCUT2D eigenvalue weighted by Crippen LogP contribution is 2.29. The Morgan fingerprint density at radius 3 is 2.20 bits per heavy atom. The number of amides is 1. The number of benzene rings is 2. The van der Waals surface area contributed by atoms with Gasteiger partial charge in [0.25, 0.3) is 0 Å². The first kappa shape index (κ1) is 14.1. The van der Waals surface area contributed by atoms with Crippen LogP contribution in [-0.2, 0) is 5.41 Å². The van der Waals surface area contributed by atoms with E-state index in [1.54, 1.807) is 12.1 Å². The van der Waals surface area contributed by atoms with E-state index < -0.39 is 6.09 Å². The van der Waals surface area contributed by atoms with Crippen LogP contribution in [0.5, 0.6) is 5.75 Å². The molecule has 104 valence electrons. The molecule has 0 atom stereocenters. The molecule has 0 aliphatic rings. The van der Waals surface area contributed by atoms with Crippen molar-refractivity contribution >= 4 is 11.8 Å². The van der Waals surface area contributed by atoms with Crippen LogP contribution in [0.25, 0.3) is 0 Å². The van der Waals surface area contributed by atoms with E-state index in [2.05, 4.69) is 26.1 Å². The molecule has 0 aliphatic heterocycles. The summed E-state index contributed by atoms with van der Waals surface area (Å²) in [7, 11) is 0. The Morgan fingerprint density at radius 2 is 1.55 bits per heavy atom. The monoisotopic (exact) mass is 269 g/mol. The largest absolute Gasteiger partial charge is 0.417 e. The fourth-order valence-corrected chi connectivity index (χ4v) is 1.98. The van der Waals surface area contributed by atoms with Gasteiger partial charge in [0.2, 0.25) is 0 Å². The minimum atomic E-state index is -0.479. The SMILES string of the molecule is CC(C)(C)c1ccccc1NC(=O)Oc1ccccc1. The van der Waals surface area contributed by atoms with Crippen LogP contribution in [0.4, 0.5) is 10.5 Å². The average molecular weight is 269 g/mol. The lowest BCUT2D eigenvalue weighted by molar-refractivity contribution is 0.215. The molecule has 1 amide bonds. The van der Waals surface area contributed by atoms with Gasteiger partial charge in [0.15, 0.2) is 0 Å². The molecule has 0 saturated heterocycles. The maximum atomic E-state index is 11.9. The number of nitrogens with one attached hydrogen (secondary N) is 1. The number of ether oxygens (including phenoxy) is 1. The van der Waals surface area contributed by atoms with Gasteiger partial charge < -0.3 is 4.74 Å². The highest BCUT2D eigenvalue weighted by molar-refractivity contribution is 5.87. The first-order valence-corrected chi connectivity index (χ1v) is 6.60. The van der Waals surface area contributed by atoms with Gasteiger partial charge in [-0.3, -0.25) is 5.32 Å². The molecule has 0 heterocycles. The summed E-state index contributed by atoms with van der Waals surface area (Å²) >= 11 is 0. The highest BCUT2D eigenvalue weighted by Gasteiger charge is 2.18. The van der Waals surface area contributed by atoms with E-state index in [-0.39, 0.29) is 5.41 Å². The smallest absolute Gasteiger partial charge is 0.410 e. The zero-order chi connectivity index (χ0) is 14.6. The van der Waals surface area contributed by atoms with Crippen LogP contribution in [0.15, 0.2) is 54.6 Å². The Hall–Kier alpha value is -2.29. The molecule has 3 heteroatoms. The van der Waals surface area contributed by atoms with Crippen LogP contribution in [0.3, 0.4) is 0 Å². The third kappa shape index (κ3) is 3.60. The maximum absolute atomic E-state index is 11.9. The zero-order valence-corrected chi connectivity index (χ0v) is 12.0. The van der Waals surface area contributed by atoms with E-state index in [1.165, 1.54) is 0 Å². The van der Waals surface area contributed by atoms with Crippen molar-refractivity contribution < 1.29 is 9.53 Å². The Morgan fingerprint density at radius 1 is 0.950 bits per heavy atom. The normalized spacial score (nSPS) is 10.9. The van der Waals surface area contributed by atoms with Crippen molar-refractivity contribution in [2.45, 2.75) is 26.2 Å². The van der Waals surface area contributed by atoms with Gasteiger partial charge in [-0.1, -0.05) is 57.2 Å². The van der Waals surface area contributed by atoms with Gasteiger partial charge in [-0.2, -0.15) is 0 Å². The summed E-state index contributed by atoms with van der Waals surface area (Å²) in [5, 5.41) is 2.80. The molecule has 0 aromatic heterocycles. The fraction of sp³-hybridized carbons (Fsp3) is 0.235. The number of carbonyl (C=O) groups is 1. The zero-order valence-electron chi connectivity index (χ0n) is 12.0. The lowest BCUT2D eigenvalue weighted by Gasteiger charge is -2.22. The predicted molar refractivity (Wildman–Crippen MR) is 81.2 cm³/mol. The molecular formula is C17H19NO2. The molecule has 0 saturated carbocycles. The summed E-state index contributed by atoms with van der Waals surface area (Å²) in [5.74, 6) is 0.526. The number of hydrogen-bond acceptors (Lipinski definition) is 2. The lowest BCUT2D eigenvalue weighted by atomic mass is 9.86. The number of rotatable bonds is 2. The van der Waals surface area contributed by atoms with Crippen molar-refractivity contribution in [3.05, 3.63) is 60.2 Å². The number of anilines is 1. The van der Waals surface area contributed by atoms with Crippen molar-refractivity contribution in [1.82, 2.24) is 0 Å². The van der Waals surface area contributed by atoms with Crippen molar-refractivity contribution in [3.8, 4) is 5.75 Å². The Labute approximate surface area is 119 Å². The summed E-state index contributed by atoms with van der Waals surface area (Å²) in [5.41, 5.74) is 1.81. The van der Waals surface area contributed by atoms with Crippen LogP contribution in [0.1, 0.15) is 26.3 Å². The molecule has 20 heavy (non-hydrogen) atoms. The highest BCUT2D eigenvalue weighted by atomic mass is 16.6. The third-order valence-corrected chi connectivity index (χ3v) is 2.93. The van der Waals surface area contributed by atoms with Gasteiger partial charge in [0.05, 0.1) is 0 Å². The third-order valence-electron chi connectivity index (χ3n) is 2.93. The summed E-state index contributed by atoms with van der Waals surface area (Å²) in [6.45, 7) is 6.32. The van der Waals surface area contributed by atoms with Gasteiger partial charge in [0.1, 0.15) is 5.75 Å². The van der Waals surface area contributed by atoms with E-state index >= 15 is 0 Å². The molecule has 2 aromatic carbocycles. The number of hydrogen-bond donors (Lipinski definition) is 1. The lowest BCUT2D eigenvalue weighted by Crippen LogP contribution is -2.21. The molecule has 0 radical (unpaired) electrons. The van der Waals surface area contributed by atoms with Gasteiger partial charge in [0, 0.05) is 5.69 Å². The van der Waals surface area contributed by atoms with Gasteiger partial charge in [-0.25, -0.2) is 4.79 Å². The first-order valence-electron chi connectivity index (χ1n) is 6.60. The molecule has 3 nitrogen and oxygen atoms in total. The number of carbonyl (C=O) groups excluding carboxylic acids is 1. The van der Waals surface area contributed by atoms with Crippen LogP contribution >= 0.6 is 0 Å². The van der Waals surface area contributed by atoms with Crippen LogP contribution in [0, 0.1) is 0 Å². The molecule has 0 spiro atoms. The second-order valence-corrected chi connectivity index (χ2v) is 5.62. The second-order valence-electron chi connectivity index (χ2n) is 5.62. The summed E-state index contributed by atoms with van der Waals surface area (Å²) in [4.78, 5) is 11.9. The van der Waals surface area contributed by atoms with Crippen molar-refractivity contribution in [2.24, 2.45) is 0 Å². The minimum Gasteiger partial charge on any atom is -0.410 e. The van der Waals surface area contributed by atoms with Crippen molar-refractivity contribution in [2.75, 3.05) is 5.32 Å². The molecule has 2 aromatic rings. The minimum absolute atomic E-state index is 0.0450. The standard InChI is InChI=1S/C17H19NO2/c1-17(2,3)14-11-7-8-12-15(14)18-16(19)20-13-9-5-4-6-10-13/h4-12H,1-3H3,(H,18,19). The van der Waals surface area contributed by atoms with Crippen LogP contribution in [0.2, 0.25) is 0 Å². The van der Waals surface area contributed by atoms with E-state index in [0.717, 1.165) is 11.3 Å². The second kappa shape index (κ2) is 5.78. The van der Waals surface area contributed by atoms with Gasteiger partial charge in [-0.15, -0.1) is 0 Å². The molecule has 0 unspecified atom stereocenters. The van der Waals surface area contributed by atoms with Crippen LogP contribution < -0.4 is 10.1 Å². The van der Waals surface area contributed by atoms with Crippen LogP contribution in [-0.4, -0.2) is 6.09 Å². The van der Waals surface area contributed by atoms with E-state index in [4.69, 9.17) is 4.74 Å². The Bertz CT molecular complexity index is 585. The topological polar surface area (TPSA) is 38.3 Å². The molecule has 0 aliphatic carbocycles. The Balaban J connectivity index is 2.13. The fourth-order valence-electron chi connectivity index (χ4n) is 1.98. The molecule has 1 N–H and O–H groups in total. The quantitative estimate of drug-likeness (QED) is 0.865. The summed E-state index contributed by atoms with van der Waals surface area (Å²) in [6.07, 6.45) is -0.479. The summed E-state index contributed by atoms with van der Waals surface area (Å²) < 4.78 is 5.24. The van der Waals surface area contributed by atoms with Gasteiger partial charge >= 0.3 is 6.09 Å². The van der Waals surface area contributed by atoms with E-state index in [0.29, 0.717) is 5.75 Å². The number of para-hydroxylation sites is 2. The van der Waals surface area contributed by atoms with E-state index in [1.807, 2.05) is 42.5 Å². The molecule has 2 rings (SSSR count). The first-order chi connectivity index (χ1) is 9.47. The summed E-state index contributed by atoms with van der Waals surface area (Å²) in [6, 6.07) is 16.8. The van der Waals surface area contributed by atoms with Crippen molar-refractivity contribution in [1.29, 1.82) is 0 Å². The average Bonchev–Trinajstić information content (AvgIpc) is 2.39. The predicted octanol–water partition coefficient (Wildman–Crippen LogP) is 4.60.